The second-order valence-electron chi connectivity index (χ2n) is 19.0. The highest BCUT2D eigenvalue weighted by atomic mass is 16.5. The highest BCUT2D eigenvalue weighted by molar-refractivity contribution is 5.77. The molecule has 0 heterocycles. The number of hydrogen-bond donors (Lipinski definition) is 3. The molecule has 0 saturated carbocycles. The molecule has 3 N–H and O–H groups in total. The molecule has 0 aliphatic heterocycles. The van der Waals surface area contributed by atoms with Crippen LogP contribution >= 0.6 is 0 Å². The number of esters is 1. The van der Waals surface area contributed by atoms with E-state index in [9.17, 15) is 19.8 Å². The molecule has 0 rings (SSSR count). The van der Waals surface area contributed by atoms with E-state index in [0.717, 1.165) is 77.0 Å². The molecule has 6 heteroatoms. The van der Waals surface area contributed by atoms with Crippen LogP contribution in [-0.4, -0.2) is 46.9 Å². The number of unbranched alkanes of at least 4 members (excludes halogenated alkanes) is 30. The van der Waals surface area contributed by atoms with Crippen molar-refractivity contribution < 1.29 is 24.5 Å². The van der Waals surface area contributed by atoms with Gasteiger partial charge in [0.2, 0.25) is 5.91 Å². The van der Waals surface area contributed by atoms with Gasteiger partial charge in [-0.15, -0.1) is 0 Å². The van der Waals surface area contributed by atoms with Crippen molar-refractivity contribution in [2.75, 3.05) is 6.61 Å². The van der Waals surface area contributed by atoms with E-state index >= 15 is 0 Å². The number of allylic oxidation sites excluding steroid dienone is 8. The Hall–Kier alpha value is -2.18. The standard InChI is InChI=1S/C58H107NO5/c1-4-7-10-13-16-19-22-25-27-28-29-30-31-33-36-39-42-45-48-51-58(63)64-54(49-46-43-40-37-34-24-21-18-15-12-9-6-3)52-57(62)59-55(53-60)56(61)50-47-44-41-38-35-32-26-23-20-17-14-11-8-5-2/h16,19,25,27,29-30,33,36,54-56,60-61H,4-15,17-18,20-24,26,28,31-32,34-35,37-53H2,1-3H3,(H,59,62)/b19-16-,27-25-,30-29-,36-33-. The lowest BCUT2D eigenvalue weighted by atomic mass is 10.0. The Morgan fingerprint density at radius 3 is 1.22 bits per heavy atom. The molecule has 64 heavy (non-hydrogen) atoms. The maximum absolute atomic E-state index is 13.2. The summed E-state index contributed by atoms with van der Waals surface area (Å²) < 4.78 is 5.94. The molecule has 1 amide bonds. The number of amides is 1. The molecule has 0 spiro atoms. The van der Waals surface area contributed by atoms with Crippen molar-refractivity contribution in [1.82, 2.24) is 5.32 Å². The van der Waals surface area contributed by atoms with E-state index in [1.54, 1.807) is 0 Å². The Morgan fingerprint density at radius 1 is 0.453 bits per heavy atom. The summed E-state index contributed by atoms with van der Waals surface area (Å²) in [6.07, 6.45) is 63.1. The first-order valence-electron chi connectivity index (χ1n) is 27.9. The number of rotatable bonds is 50. The fourth-order valence-electron chi connectivity index (χ4n) is 8.41. The van der Waals surface area contributed by atoms with Crippen LogP contribution in [0.2, 0.25) is 0 Å². The molecule has 3 atom stereocenters. The number of aliphatic hydroxyl groups is 2. The first-order valence-corrected chi connectivity index (χ1v) is 27.9. The summed E-state index contributed by atoms with van der Waals surface area (Å²) in [5, 5.41) is 23.8. The molecule has 0 fully saturated rings. The second kappa shape index (κ2) is 51.8. The van der Waals surface area contributed by atoms with Crippen LogP contribution in [0.3, 0.4) is 0 Å². The van der Waals surface area contributed by atoms with Crippen LogP contribution in [-0.2, 0) is 14.3 Å². The first kappa shape index (κ1) is 61.8. The molecule has 0 aliphatic carbocycles. The Kier molecular flexibility index (Phi) is 50.0. The average Bonchev–Trinajstić information content (AvgIpc) is 3.29. The van der Waals surface area contributed by atoms with E-state index in [1.807, 2.05) is 0 Å². The summed E-state index contributed by atoms with van der Waals surface area (Å²) in [6.45, 7) is 6.47. The number of ether oxygens (including phenoxy) is 1. The highest BCUT2D eigenvalue weighted by Crippen LogP contribution is 2.18. The van der Waals surface area contributed by atoms with Crippen LogP contribution < -0.4 is 5.32 Å². The molecule has 0 aromatic carbocycles. The third kappa shape index (κ3) is 46.4. The van der Waals surface area contributed by atoms with Gasteiger partial charge in [0.15, 0.2) is 0 Å². The van der Waals surface area contributed by atoms with Crippen molar-refractivity contribution in [1.29, 1.82) is 0 Å². The smallest absolute Gasteiger partial charge is 0.306 e. The molecule has 0 bridgehead atoms. The Balaban J connectivity index is 4.56. The largest absolute Gasteiger partial charge is 0.462 e. The molecule has 6 nitrogen and oxygen atoms in total. The third-order valence-electron chi connectivity index (χ3n) is 12.7. The van der Waals surface area contributed by atoms with Crippen molar-refractivity contribution in [3.05, 3.63) is 48.6 Å². The van der Waals surface area contributed by atoms with Crippen molar-refractivity contribution in [3.8, 4) is 0 Å². The lowest BCUT2D eigenvalue weighted by Crippen LogP contribution is -2.46. The monoisotopic (exact) mass is 898 g/mol. The van der Waals surface area contributed by atoms with Gasteiger partial charge in [0, 0.05) is 6.42 Å². The SMILES string of the molecule is CCCCC/C=C\C/C=C\C/C=C\C/C=C\CCCCCC(=O)OC(CCCCCCCCCCCCCC)CC(=O)NC(CO)C(O)CCCCCCCCCCCCCCCC. The minimum Gasteiger partial charge on any atom is -0.462 e. The average molecular weight is 898 g/mol. The first-order chi connectivity index (χ1) is 31.5. The predicted molar refractivity (Wildman–Crippen MR) is 278 cm³/mol. The van der Waals surface area contributed by atoms with Crippen LogP contribution in [0.5, 0.6) is 0 Å². The van der Waals surface area contributed by atoms with E-state index < -0.39 is 18.2 Å². The van der Waals surface area contributed by atoms with Crippen molar-refractivity contribution in [3.63, 3.8) is 0 Å². The molecule has 0 saturated heterocycles. The van der Waals surface area contributed by atoms with Gasteiger partial charge in [-0.3, -0.25) is 9.59 Å². The van der Waals surface area contributed by atoms with Gasteiger partial charge >= 0.3 is 5.97 Å². The zero-order valence-electron chi connectivity index (χ0n) is 42.7. The predicted octanol–water partition coefficient (Wildman–Crippen LogP) is 17.0. The zero-order valence-corrected chi connectivity index (χ0v) is 42.7. The normalized spacial score (nSPS) is 13.5. The molecular formula is C58H107NO5. The maximum atomic E-state index is 13.2. The lowest BCUT2D eigenvalue weighted by Gasteiger charge is -2.24. The fourth-order valence-corrected chi connectivity index (χ4v) is 8.41. The van der Waals surface area contributed by atoms with Gasteiger partial charge in [0.25, 0.3) is 0 Å². The van der Waals surface area contributed by atoms with Crippen LogP contribution in [0.25, 0.3) is 0 Å². The Bertz CT molecular complexity index is 1100. The minimum atomic E-state index is -0.792. The van der Waals surface area contributed by atoms with Gasteiger partial charge in [-0.1, -0.05) is 249 Å². The maximum Gasteiger partial charge on any atom is 0.306 e. The number of carbonyl (C=O) groups is 2. The second-order valence-corrected chi connectivity index (χ2v) is 19.0. The van der Waals surface area contributed by atoms with Crippen LogP contribution in [0.15, 0.2) is 48.6 Å². The van der Waals surface area contributed by atoms with E-state index in [-0.39, 0.29) is 24.9 Å². The van der Waals surface area contributed by atoms with Crippen molar-refractivity contribution in [2.45, 2.75) is 302 Å². The fraction of sp³-hybridized carbons (Fsp3) is 0.828. The topological polar surface area (TPSA) is 95.9 Å². The van der Waals surface area contributed by atoms with E-state index in [0.29, 0.717) is 19.3 Å². The van der Waals surface area contributed by atoms with E-state index in [1.165, 1.54) is 161 Å². The van der Waals surface area contributed by atoms with Gasteiger partial charge in [-0.25, -0.2) is 0 Å². The molecule has 0 aliphatic rings. The summed E-state index contributed by atoms with van der Waals surface area (Å²) in [6, 6.07) is -0.706. The van der Waals surface area contributed by atoms with Gasteiger partial charge in [0.1, 0.15) is 6.10 Å². The van der Waals surface area contributed by atoms with Crippen LogP contribution in [0.1, 0.15) is 284 Å². The number of aliphatic hydroxyl groups excluding tert-OH is 2. The zero-order chi connectivity index (χ0) is 46.7. The van der Waals surface area contributed by atoms with Crippen LogP contribution in [0.4, 0.5) is 0 Å². The summed E-state index contributed by atoms with van der Waals surface area (Å²) in [4.78, 5) is 26.2. The summed E-state index contributed by atoms with van der Waals surface area (Å²) in [5.41, 5.74) is 0. The minimum absolute atomic E-state index is 0.0674. The van der Waals surface area contributed by atoms with Gasteiger partial charge in [-0.2, -0.15) is 0 Å². The lowest BCUT2D eigenvalue weighted by molar-refractivity contribution is -0.151. The molecule has 0 aromatic rings. The van der Waals surface area contributed by atoms with Gasteiger partial charge in [0.05, 0.1) is 25.2 Å². The molecule has 3 unspecified atom stereocenters. The third-order valence-corrected chi connectivity index (χ3v) is 12.7. The number of carbonyl (C=O) groups excluding carboxylic acids is 2. The quantitative estimate of drug-likeness (QED) is 0.0321. The van der Waals surface area contributed by atoms with Crippen molar-refractivity contribution in [2.24, 2.45) is 0 Å². The van der Waals surface area contributed by atoms with Gasteiger partial charge in [-0.05, 0) is 70.6 Å². The Morgan fingerprint density at radius 2 is 0.797 bits per heavy atom. The van der Waals surface area contributed by atoms with E-state index in [2.05, 4.69) is 74.7 Å². The molecule has 0 radical (unpaired) electrons. The highest BCUT2D eigenvalue weighted by Gasteiger charge is 2.24. The summed E-state index contributed by atoms with van der Waals surface area (Å²) in [7, 11) is 0. The van der Waals surface area contributed by atoms with E-state index in [4.69, 9.17) is 4.74 Å². The molecule has 0 aromatic heterocycles. The van der Waals surface area contributed by atoms with Crippen molar-refractivity contribution >= 4 is 11.9 Å². The number of nitrogens with one attached hydrogen (secondary N) is 1. The van der Waals surface area contributed by atoms with Gasteiger partial charge < -0.3 is 20.3 Å². The summed E-state index contributed by atoms with van der Waals surface area (Å²) >= 11 is 0. The molecule has 374 valence electrons. The molecular weight excluding hydrogens is 791 g/mol. The number of hydrogen-bond acceptors (Lipinski definition) is 5. The summed E-state index contributed by atoms with van der Waals surface area (Å²) in [5.74, 6) is -0.499. The van der Waals surface area contributed by atoms with Crippen LogP contribution in [0, 0.1) is 0 Å². The Labute approximate surface area is 397 Å².